The minimum absolute atomic E-state index is 0.0670. The Balaban J connectivity index is 1.94. The first-order valence-corrected chi connectivity index (χ1v) is 34.5. The van der Waals surface area contributed by atoms with Crippen molar-refractivity contribution in [3.05, 3.63) is 17.7 Å². The number of amides is 1. The zero-order chi connectivity index (χ0) is 55.3. The third-order valence-corrected chi connectivity index (χ3v) is 16.7. The first-order valence-electron chi connectivity index (χ1n) is 34.5. The molecule has 0 aliphatic heterocycles. The molecule has 1 saturated carbocycles. The van der Waals surface area contributed by atoms with E-state index in [0.717, 1.165) is 44.1 Å². The lowest BCUT2D eigenvalue weighted by Gasteiger charge is -2.19. The Kier molecular flexibility index (Phi) is 48.6. The van der Waals surface area contributed by atoms with E-state index >= 15 is 0 Å². The molecule has 7 nitrogen and oxygen atoms in total. The molecule has 1 aromatic carbocycles. The van der Waals surface area contributed by atoms with Crippen LogP contribution in [0.25, 0.3) is 0 Å². The fourth-order valence-electron chi connectivity index (χ4n) is 11.3. The van der Waals surface area contributed by atoms with E-state index in [4.69, 9.17) is 18.9 Å². The van der Waals surface area contributed by atoms with Gasteiger partial charge in [-0.15, -0.1) is 0 Å². The van der Waals surface area contributed by atoms with Crippen molar-refractivity contribution in [1.29, 1.82) is 0 Å². The number of hydrogen-bond donors (Lipinski definition) is 0. The zero-order valence-corrected chi connectivity index (χ0v) is 52.1. The van der Waals surface area contributed by atoms with Crippen LogP contribution in [-0.2, 0) is 20.9 Å². The number of carbonyl (C=O) groups excluding carboxylic acids is 2. The van der Waals surface area contributed by atoms with Gasteiger partial charge in [0.1, 0.15) is 6.61 Å². The quantitative estimate of drug-likeness (QED) is 0.0478. The SMILES string of the molecule is CCCCCCCCCCCCCCCCCCOc1cc(COC(=O)[C@@H]2C[C@H]2C(=O)N(CC)CC)cc(OCCCCCCCCCCCCCCCCCC)c1OCCCCCCCCCCCCCCCCCC. The Morgan fingerprint density at radius 1 is 0.364 bits per heavy atom. The Hall–Kier alpha value is -2.44. The van der Waals surface area contributed by atoms with E-state index < -0.39 is 0 Å². The second-order valence-corrected chi connectivity index (χ2v) is 23.9. The maximum absolute atomic E-state index is 13.3. The van der Waals surface area contributed by atoms with Crippen LogP contribution >= 0.6 is 0 Å². The molecule has 0 aromatic heterocycles. The molecule has 0 saturated heterocycles. The summed E-state index contributed by atoms with van der Waals surface area (Å²) in [6, 6.07) is 4.02. The standard InChI is InChI=1S/C70H129NO6/c1-6-11-14-17-20-23-26-29-32-35-38-41-44-47-50-53-56-74-66-59-63(62-77-70(73)65-61-64(65)69(72)71(9-4)10-5)60-67(75-57-54-51-48-45-42-39-36-33-30-27-24-21-18-15-12-7-2)68(66)76-58-55-52-49-46-43-40-37-34-31-28-25-22-19-16-13-8-3/h59-60,64-65H,6-58,61-62H2,1-5H3/t64-,65-/m1/s1. The van der Waals surface area contributed by atoms with Gasteiger partial charge in [-0.1, -0.05) is 310 Å². The minimum Gasteiger partial charge on any atom is -0.490 e. The van der Waals surface area contributed by atoms with Crippen LogP contribution in [0, 0.1) is 11.8 Å². The summed E-state index contributed by atoms with van der Waals surface area (Å²) in [6.45, 7) is 14.2. The molecule has 450 valence electrons. The monoisotopic (exact) mass is 1080 g/mol. The van der Waals surface area contributed by atoms with E-state index in [1.54, 1.807) is 0 Å². The second kappa shape index (κ2) is 52.9. The molecule has 1 amide bonds. The normalized spacial score (nSPS) is 14.0. The molecule has 2 rings (SSSR count). The van der Waals surface area contributed by atoms with Crippen LogP contribution in [0.2, 0.25) is 0 Å². The van der Waals surface area contributed by atoms with Crippen LogP contribution in [0.5, 0.6) is 17.2 Å². The summed E-state index contributed by atoms with van der Waals surface area (Å²) in [5.41, 5.74) is 0.837. The van der Waals surface area contributed by atoms with Gasteiger partial charge >= 0.3 is 5.97 Å². The lowest BCUT2D eigenvalue weighted by atomic mass is 10.0. The number of benzene rings is 1. The Morgan fingerprint density at radius 3 is 0.896 bits per heavy atom. The summed E-state index contributed by atoms with van der Waals surface area (Å²) in [6.07, 6.45) is 64.9. The molecule has 1 aliphatic rings. The van der Waals surface area contributed by atoms with Gasteiger partial charge in [-0.2, -0.15) is 0 Å². The number of nitrogens with zero attached hydrogens (tertiary/aromatic N) is 1. The van der Waals surface area contributed by atoms with Gasteiger partial charge in [0.2, 0.25) is 11.7 Å². The van der Waals surface area contributed by atoms with Crippen LogP contribution in [0.1, 0.15) is 355 Å². The zero-order valence-electron chi connectivity index (χ0n) is 52.1. The smallest absolute Gasteiger partial charge is 0.310 e. The van der Waals surface area contributed by atoms with E-state index in [1.807, 2.05) is 30.9 Å². The average molecular weight is 1080 g/mol. The summed E-state index contributed by atoms with van der Waals surface area (Å²) in [7, 11) is 0. The van der Waals surface area contributed by atoms with E-state index in [9.17, 15) is 9.59 Å². The molecule has 0 spiro atoms. The summed E-state index contributed by atoms with van der Waals surface area (Å²) >= 11 is 0. The van der Waals surface area contributed by atoms with E-state index in [2.05, 4.69) is 20.8 Å². The van der Waals surface area contributed by atoms with Crippen molar-refractivity contribution in [2.24, 2.45) is 11.8 Å². The molecule has 0 unspecified atom stereocenters. The summed E-state index contributed by atoms with van der Waals surface area (Å²) in [5, 5.41) is 0. The van der Waals surface area contributed by atoms with Crippen molar-refractivity contribution in [3.8, 4) is 17.2 Å². The third kappa shape index (κ3) is 39.6. The lowest BCUT2D eigenvalue weighted by molar-refractivity contribution is -0.148. The highest BCUT2D eigenvalue weighted by atomic mass is 16.5. The highest BCUT2D eigenvalue weighted by Gasteiger charge is 2.50. The number of hydrogen-bond acceptors (Lipinski definition) is 6. The Bertz CT molecular complexity index is 1400. The molecule has 77 heavy (non-hydrogen) atoms. The predicted octanol–water partition coefficient (Wildman–Crippen LogP) is 22.2. The summed E-state index contributed by atoms with van der Waals surface area (Å²) in [5.74, 6) is 1.24. The van der Waals surface area contributed by atoms with Gasteiger partial charge in [-0.3, -0.25) is 9.59 Å². The molecular weight excluding hydrogens is 951 g/mol. The largest absolute Gasteiger partial charge is 0.490 e. The molecule has 0 heterocycles. The summed E-state index contributed by atoms with van der Waals surface area (Å²) < 4.78 is 25.9. The van der Waals surface area contributed by atoms with Gasteiger partial charge in [0.25, 0.3) is 0 Å². The van der Waals surface area contributed by atoms with E-state index in [0.29, 0.717) is 56.6 Å². The third-order valence-electron chi connectivity index (χ3n) is 16.7. The van der Waals surface area contributed by atoms with Gasteiger partial charge in [0.05, 0.1) is 31.7 Å². The first kappa shape index (κ1) is 70.7. The fraction of sp³-hybridized carbons (Fsp3) is 0.886. The molecule has 2 atom stereocenters. The van der Waals surface area contributed by atoms with Gasteiger partial charge in [0, 0.05) is 13.1 Å². The minimum atomic E-state index is -0.360. The number of rotatable bonds is 60. The number of carbonyl (C=O) groups is 2. The average Bonchev–Trinajstić information content (AvgIpc) is 4.27. The molecule has 1 aliphatic carbocycles. The molecule has 0 bridgehead atoms. The number of ether oxygens (including phenoxy) is 4. The van der Waals surface area contributed by atoms with Crippen molar-refractivity contribution in [2.45, 2.75) is 356 Å². The van der Waals surface area contributed by atoms with Crippen molar-refractivity contribution < 1.29 is 28.5 Å². The van der Waals surface area contributed by atoms with Crippen molar-refractivity contribution in [1.82, 2.24) is 4.90 Å². The van der Waals surface area contributed by atoms with Gasteiger partial charge in [-0.25, -0.2) is 0 Å². The topological polar surface area (TPSA) is 74.3 Å². The number of esters is 1. The first-order chi connectivity index (χ1) is 38.0. The predicted molar refractivity (Wildman–Crippen MR) is 331 cm³/mol. The van der Waals surface area contributed by atoms with Crippen molar-refractivity contribution in [3.63, 3.8) is 0 Å². The van der Waals surface area contributed by atoms with Crippen LogP contribution in [0.4, 0.5) is 0 Å². The molecule has 0 N–H and O–H groups in total. The highest BCUT2D eigenvalue weighted by molar-refractivity contribution is 5.90. The molecule has 7 heteroatoms. The molecule has 1 aromatic rings. The van der Waals surface area contributed by atoms with E-state index in [-0.39, 0.29) is 30.3 Å². The second-order valence-electron chi connectivity index (χ2n) is 23.9. The highest BCUT2D eigenvalue weighted by Crippen LogP contribution is 2.43. The number of unbranched alkanes of at least 4 members (excludes halogenated alkanes) is 45. The summed E-state index contributed by atoms with van der Waals surface area (Å²) in [4.78, 5) is 28.2. The van der Waals surface area contributed by atoms with Crippen molar-refractivity contribution in [2.75, 3.05) is 32.9 Å². The maximum atomic E-state index is 13.3. The molecule has 1 fully saturated rings. The van der Waals surface area contributed by atoms with Crippen LogP contribution in [-0.4, -0.2) is 49.7 Å². The Morgan fingerprint density at radius 2 is 0.623 bits per heavy atom. The maximum Gasteiger partial charge on any atom is 0.310 e. The lowest BCUT2D eigenvalue weighted by Crippen LogP contribution is -2.32. The van der Waals surface area contributed by atoms with Crippen LogP contribution in [0.15, 0.2) is 12.1 Å². The van der Waals surface area contributed by atoms with Crippen LogP contribution < -0.4 is 14.2 Å². The fourth-order valence-corrected chi connectivity index (χ4v) is 11.3. The van der Waals surface area contributed by atoms with Crippen LogP contribution in [0.3, 0.4) is 0 Å². The van der Waals surface area contributed by atoms with Gasteiger partial charge in [-0.05, 0) is 57.2 Å². The van der Waals surface area contributed by atoms with E-state index in [1.165, 1.54) is 270 Å². The van der Waals surface area contributed by atoms with Crippen molar-refractivity contribution >= 4 is 11.9 Å². The molecular formula is C70H129NO6. The van der Waals surface area contributed by atoms with Gasteiger partial charge in [0.15, 0.2) is 11.5 Å². The Labute approximate surface area is 478 Å². The molecule has 0 radical (unpaired) electrons. The van der Waals surface area contributed by atoms with Gasteiger partial charge < -0.3 is 23.8 Å².